The predicted molar refractivity (Wildman–Crippen MR) is 75.9 cm³/mol. The normalized spacial score (nSPS) is 23.3. The van der Waals surface area contributed by atoms with E-state index in [4.69, 9.17) is 0 Å². The molecule has 0 amide bonds. The molecule has 0 aromatic carbocycles. The van der Waals surface area contributed by atoms with E-state index in [9.17, 15) is 18.0 Å². The van der Waals surface area contributed by atoms with Crippen molar-refractivity contribution < 1.29 is 18.0 Å². The van der Waals surface area contributed by atoms with Crippen LogP contribution in [0.5, 0.6) is 0 Å². The number of halogens is 4. The van der Waals surface area contributed by atoms with Crippen LogP contribution in [0.25, 0.3) is 0 Å². The molecule has 118 valence electrons. The number of Topliss-reactive ketones (excluding diaryl/α,β-unsaturated/α-hetero) is 1. The molecule has 0 N–H and O–H groups in total. The third kappa shape index (κ3) is 3.67. The molecule has 3 nitrogen and oxygen atoms in total. The molecule has 1 heterocycles. The summed E-state index contributed by atoms with van der Waals surface area (Å²) in [6, 6.07) is 0. The van der Waals surface area contributed by atoms with Crippen LogP contribution < -0.4 is 0 Å². The Morgan fingerprint density at radius 2 is 2.10 bits per heavy atom. The molecule has 2 atom stereocenters. The lowest BCUT2D eigenvalue weighted by Gasteiger charge is -2.29. The summed E-state index contributed by atoms with van der Waals surface area (Å²) in [4.78, 5) is 12.3. The minimum absolute atomic E-state index is 0.0726. The van der Waals surface area contributed by atoms with E-state index in [1.165, 1.54) is 0 Å². The number of aryl methyl sites for hydroxylation is 2. The highest BCUT2D eigenvalue weighted by atomic mass is 79.9. The zero-order chi connectivity index (χ0) is 15.8. The Bertz CT molecular complexity index is 539. The number of alkyl halides is 3. The van der Waals surface area contributed by atoms with Crippen molar-refractivity contribution in [1.82, 2.24) is 9.78 Å². The number of nitrogens with zero attached hydrogens (tertiary/aromatic N) is 2. The van der Waals surface area contributed by atoms with Crippen molar-refractivity contribution in [3.8, 4) is 0 Å². The summed E-state index contributed by atoms with van der Waals surface area (Å²) in [5, 5.41) is 4.20. The maximum atomic E-state index is 12.8. The van der Waals surface area contributed by atoms with Gasteiger partial charge in [0.05, 0.1) is 21.8 Å². The predicted octanol–water partition coefficient (Wildman–Crippen LogP) is 3.97. The van der Waals surface area contributed by atoms with E-state index in [2.05, 4.69) is 21.0 Å². The molecule has 1 aromatic heterocycles. The van der Waals surface area contributed by atoms with Crippen molar-refractivity contribution in [2.24, 2.45) is 18.9 Å². The summed E-state index contributed by atoms with van der Waals surface area (Å²) >= 11 is 3.38. The Morgan fingerprint density at radius 1 is 1.43 bits per heavy atom. The van der Waals surface area contributed by atoms with Gasteiger partial charge < -0.3 is 0 Å². The highest BCUT2D eigenvalue weighted by Crippen LogP contribution is 2.40. The smallest absolute Gasteiger partial charge is 0.299 e. The van der Waals surface area contributed by atoms with Crippen LogP contribution in [0, 0.1) is 18.8 Å². The molecule has 0 aliphatic heterocycles. The van der Waals surface area contributed by atoms with E-state index < -0.39 is 18.0 Å². The minimum atomic E-state index is -4.19. The average Bonchev–Trinajstić information content (AvgIpc) is 2.64. The topological polar surface area (TPSA) is 34.9 Å². The molecule has 0 saturated heterocycles. The summed E-state index contributed by atoms with van der Waals surface area (Å²) in [6.07, 6.45) is -2.97. The number of hydrogen-bond donors (Lipinski definition) is 0. The van der Waals surface area contributed by atoms with Gasteiger partial charge in [-0.25, -0.2) is 0 Å². The molecule has 1 aromatic rings. The highest BCUT2D eigenvalue weighted by molar-refractivity contribution is 9.10. The van der Waals surface area contributed by atoms with Crippen LogP contribution >= 0.6 is 15.9 Å². The molecule has 2 rings (SSSR count). The molecular weight excluding hydrogens is 349 g/mol. The second-order valence-corrected chi connectivity index (χ2v) is 6.51. The largest absolute Gasteiger partial charge is 0.391 e. The van der Waals surface area contributed by atoms with Gasteiger partial charge in [0.1, 0.15) is 5.78 Å². The summed E-state index contributed by atoms with van der Waals surface area (Å²) in [5.41, 5.74) is 1.50. The second kappa shape index (κ2) is 6.10. The molecule has 1 fully saturated rings. The SMILES string of the molecule is Cc1nn(C)c(CC(=O)C2CCCC(C(F)(F)F)C2)c1Br. The monoisotopic (exact) mass is 366 g/mol. The van der Waals surface area contributed by atoms with Gasteiger partial charge in [-0.1, -0.05) is 6.42 Å². The Labute approximate surface area is 130 Å². The van der Waals surface area contributed by atoms with E-state index in [0.29, 0.717) is 12.8 Å². The fourth-order valence-corrected chi connectivity index (χ4v) is 3.44. The zero-order valence-corrected chi connectivity index (χ0v) is 13.6. The number of carbonyl (C=O) groups excluding carboxylic acids is 1. The van der Waals surface area contributed by atoms with Crippen LogP contribution in [-0.2, 0) is 18.3 Å². The van der Waals surface area contributed by atoms with Gasteiger partial charge >= 0.3 is 6.18 Å². The first kappa shape index (κ1) is 16.5. The Hall–Kier alpha value is -0.850. The standard InChI is InChI=1S/C14H18BrF3N2O/c1-8-13(15)11(20(2)19-8)7-12(21)9-4-3-5-10(6-9)14(16,17)18/h9-10H,3-7H2,1-2H3. The van der Waals surface area contributed by atoms with E-state index in [1.807, 2.05) is 6.92 Å². The van der Waals surface area contributed by atoms with Crippen LogP contribution in [-0.4, -0.2) is 21.7 Å². The summed E-state index contributed by atoms with van der Waals surface area (Å²) in [6.45, 7) is 1.82. The molecule has 21 heavy (non-hydrogen) atoms. The number of aromatic nitrogens is 2. The number of hydrogen-bond acceptors (Lipinski definition) is 2. The van der Waals surface area contributed by atoms with Crippen molar-refractivity contribution in [2.45, 2.75) is 45.2 Å². The van der Waals surface area contributed by atoms with Crippen LogP contribution in [0.2, 0.25) is 0 Å². The molecular formula is C14H18BrF3N2O. The maximum Gasteiger partial charge on any atom is 0.391 e. The van der Waals surface area contributed by atoms with Crippen LogP contribution in [0.3, 0.4) is 0 Å². The first-order chi connectivity index (χ1) is 9.70. The van der Waals surface area contributed by atoms with Gasteiger partial charge in [0.2, 0.25) is 0 Å². The molecule has 1 saturated carbocycles. The van der Waals surface area contributed by atoms with Gasteiger partial charge in [0.15, 0.2) is 0 Å². The van der Waals surface area contributed by atoms with E-state index in [0.717, 1.165) is 15.9 Å². The number of ketones is 1. The first-order valence-electron chi connectivity index (χ1n) is 6.97. The molecule has 0 bridgehead atoms. The van der Waals surface area contributed by atoms with E-state index in [-0.39, 0.29) is 25.0 Å². The van der Waals surface area contributed by atoms with E-state index >= 15 is 0 Å². The van der Waals surface area contributed by atoms with Crippen molar-refractivity contribution >= 4 is 21.7 Å². The first-order valence-corrected chi connectivity index (χ1v) is 7.76. The molecule has 0 radical (unpaired) electrons. The van der Waals surface area contributed by atoms with E-state index in [1.54, 1.807) is 11.7 Å². The van der Waals surface area contributed by atoms with Gasteiger partial charge in [-0.05, 0) is 42.1 Å². The van der Waals surface area contributed by atoms with Crippen molar-refractivity contribution in [1.29, 1.82) is 0 Å². The van der Waals surface area contributed by atoms with Crippen molar-refractivity contribution in [3.05, 3.63) is 15.9 Å². The Kier molecular flexibility index (Phi) is 4.80. The highest BCUT2D eigenvalue weighted by Gasteiger charge is 2.43. The van der Waals surface area contributed by atoms with Gasteiger partial charge in [-0.15, -0.1) is 0 Å². The van der Waals surface area contributed by atoms with Gasteiger partial charge in [0, 0.05) is 19.4 Å². The second-order valence-electron chi connectivity index (χ2n) is 5.71. The Morgan fingerprint density at radius 3 is 2.62 bits per heavy atom. The minimum Gasteiger partial charge on any atom is -0.299 e. The summed E-state index contributed by atoms with van der Waals surface area (Å²) < 4.78 is 40.8. The molecule has 0 spiro atoms. The lowest BCUT2D eigenvalue weighted by atomic mass is 9.78. The summed E-state index contributed by atoms with van der Waals surface area (Å²) in [5.74, 6) is -1.95. The van der Waals surface area contributed by atoms with Crippen LogP contribution in [0.1, 0.15) is 37.1 Å². The number of carbonyl (C=O) groups is 1. The van der Waals surface area contributed by atoms with Crippen LogP contribution in [0.15, 0.2) is 4.47 Å². The van der Waals surface area contributed by atoms with Gasteiger partial charge in [-0.3, -0.25) is 9.48 Å². The van der Waals surface area contributed by atoms with Crippen molar-refractivity contribution in [3.63, 3.8) is 0 Å². The van der Waals surface area contributed by atoms with Gasteiger partial charge in [0.25, 0.3) is 0 Å². The third-order valence-electron chi connectivity index (χ3n) is 4.20. The molecule has 7 heteroatoms. The maximum absolute atomic E-state index is 12.8. The zero-order valence-electron chi connectivity index (χ0n) is 12.0. The number of rotatable bonds is 3. The molecule has 1 aliphatic rings. The third-order valence-corrected chi connectivity index (χ3v) is 5.23. The Balaban J connectivity index is 2.06. The molecule has 1 aliphatic carbocycles. The van der Waals surface area contributed by atoms with Crippen molar-refractivity contribution in [2.75, 3.05) is 0 Å². The molecule has 2 unspecified atom stereocenters. The lowest BCUT2D eigenvalue weighted by Crippen LogP contribution is -2.32. The fraction of sp³-hybridized carbons (Fsp3) is 0.714. The fourth-order valence-electron chi connectivity index (χ4n) is 2.96. The quantitative estimate of drug-likeness (QED) is 0.810. The average molecular weight is 367 g/mol. The van der Waals surface area contributed by atoms with Crippen LogP contribution in [0.4, 0.5) is 13.2 Å². The summed E-state index contributed by atoms with van der Waals surface area (Å²) in [7, 11) is 1.74. The van der Waals surface area contributed by atoms with Gasteiger partial charge in [-0.2, -0.15) is 18.3 Å². The lowest BCUT2D eigenvalue weighted by molar-refractivity contribution is -0.186.